The Morgan fingerprint density at radius 2 is 2.00 bits per heavy atom. The highest BCUT2D eigenvalue weighted by Crippen LogP contribution is 2.29. The summed E-state index contributed by atoms with van der Waals surface area (Å²) in [5, 5.41) is 4.17. The number of nitrogens with zero attached hydrogens (tertiary/aromatic N) is 2. The van der Waals surface area contributed by atoms with Crippen molar-refractivity contribution >= 4 is 23.2 Å². The van der Waals surface area contributed by atoms with Gasteiger partial charge in [0.2, 0.25) is 11.8 Å². The number of primary amides is 1. The zero-order chi connectivity index (χ0) is 15.5. The fourth-order valence-corrected chi connectivity index (χ4v) is 3.70. The van der Waals surface area contributed by atoms with Crippen LogP contribution in [0.25, 0.3) is 0 Å². The van der Waals surface area contributed by atoms with Crippen LogP contribution in [0.2, 0.25) is 0 Å². The quantitative estimate of drug-likeness (QED) is 0.862. The minimum absolute atomic E-state index is 0.0170. The van der Waals surface area contributed by atoms with Crippen molar-refractivity contribution in [2.75, 3.05) is 19.6 Å². The lowest BCUT2D eigenvalue weighted by Crippen LogP contribution is -2.45. The zero-order valence-electron chi connectivity index (χ0n) is 12.7. The molecule has 2 aliphatic rings. The standard InChI is InChI=1S/C16H23N3O2S/c17-16(21)13-3-6-18(7-4-13)10-15(20)19(14-1-2-14)9-12-5-8-22-11-12/h5,8,11,13-14H,1-4,6-7,9-10H2,(H2,17,21). The highest BCUT2D eigenvalue weighted by atomic mass is 32.1. The maximum Gasteiger partial charge on any atom is 0.237 e. The van der Waals surface area contributed by atoms with Crippen LogP contribution in [0.1, 0.15) is 31.2 Å². The minimum Gasteiger partial charge on any atom is -0.369 e. The highest BCUT2D eigenvalue weighted by molar-refractivity contribution is 7.07. The van der Waals surface area contributed by atoms with E-state index in [0.29, 0.717) is 12.6 Å². The first-order valence-corrected chi connectivity index (χ1v) is 8.90. The number of hydrogen-bond donors (Lipinski definition) is 1. The van der Waals surface area contributed by atoms with Crippen molar-refractivity contribution in [1.82, 2.24) is 9.80 Å². The molecule has 1 aliphatic heterocycles. The van der Waals surface area contributed by atoms with E-state index in [-0.39, 0.29) is 17.7 Å². The smallest absolute Gasteiger partial charge is 0.237 e. The van der Waals surface area contributed by atoms with E-state index in [1.165, 1.54) is 5.56 Å². The van der Waals surface area contributed by atoms with E-state index in [0.717, 1.165) is 45.3 Å². The Kier molecular flexibility index (Phi) is 4.78. The fraction of sp³-hybridized carbons (Fsp3) is 0.625. The molecule has 1 saturated carbocycles. The Bertz CT molecular complexity index is 520. The molecule has 120 valence electrons. The Balaban J connectivity index is 1.52. The summed E-state index contributed by atoms with van der Waals surface area (Å²) in [4.78, 5) is 28.0. The van der Waals surface area contributed by atoms with Crippen molar-refractivity contribution < 1.29 is 9.59 Å². The third-order valence-electron chi connectivity index (χ3n) is 4.59. The average molecular weight is 321 g/mol. The van der Waals surface area contributed by atoms with Crippen LogP contribution >= 0.6 is 11.3 Å². The van der Waals surface area contributed by atoms with Crippen LogP contribution in [0, 0.1) is 5.92 Å². The van der Waals surface area contributed by atoms with Crippen LogP contribution in [0.15, 0.2) is 16.8 Å². The molecule has 0 bridgehead atoms. The summed E-state index contributed by atoms with van der Waals surface area (Å²) in [5.74, 6) is -0.00837. The van der Waals surface area contributed by atoms with E-state index in [4.69, 9.17) is 5.73 Å². The molecule has 6 heteroatoms. The van der Waals surface area contributed by atoms with E-state index < -0.39 is 0 Å². The molecule has 3 rings (SSSR count). The van der Waals surface area contributed by atoms with Crippen LogP contribution in [-0.4, -0.2) is 47.3 Å². The predicted molar refractivity (Wildman–Crippen MR) is 86.2 cm³/mol. The van der Waals surface area contributed by atoms with Crippen molar-refractivity contribution in [1.29, 1.82) is 0 Å². The maximum atomic E-state index is 12.6. The summed E-state index contributed by atoms with van der Waals surface area (Å²) in [5.41, 5.74) is 6.57. The van der Waals surface area contributed by atoms with Gasteiger partial charge in [0.1, 0.15) is 0 Å². The van der Waals surface area contributed by atoms with Gasteiger partial charge in [-0.05, 0) is 61.2 Å². The van der Waals surface area contributed by atoms with Gasteiger partial charge in [0.05, 0.1) is 6.54 Å². The number of rotatable bonds is 6. The minimum atomic E-state index is -0.206. The number of carbonyl (C=O) groups excluding carboxylic acids is 2. The van der Waals surface area contributed by atoms with E-state index in [2.05, 4.69) is 21.7 Å². The molecule has 1 aliphatic carbocycles. The first kappa shape index (κ1) is 15.5. The summed E-state index contributed by atoms with van der Waals surface area (Å²) in [7, 11) is 0. The average Bonchev–Trinajstić information content (AvgIpc) is 3.21. The molecule has 1 aromatic heterocycles. The molecule has 0 radical (unpaired) electrons. The summed E-state index contributed by atoms with van der Waals surface area (Å²) >= 11 is 1.67. The van der Waals surface area contributed by atoms with Gasteiger partial charge >= 0.3 is 0 Å². The second kappa shape index (κ2) is 6.79. The van der Waals surface area contributed by atoms with Gasteiger partial charge in [-0.1, -0.05) is 0 Å². The number of amides is 2. The van der Waals surface area contributed by atoms with Crippen LogP contribution in [0.3, 0.4) is 0 Å². The van der Waals surface area contributed by atoms with E-state index in [1.54, 1.807) is 11.3 Å². The van der Waals surface area contributed by atoms with E-state index in [1.807, 2.05) is 4.90 Å². The lowest BCUT2D eigenvalue weighted by Gasteiger charge is -2.32. The van der Waals surface area contributed by atoms with Gasteiger partial charge in [0, 0.05) is 18.5 Å². The molecule has 5 nitrogen and oxygen atoms in total. The van der Waals surface area contributed by atoms with Crippen molar-refractivity contribution in [3.05, 3.63) is 22.4 Å². The summed E-state index contributed by atoms with van der Waals surface area (Å²) in [6.07, 6.45) is 3.80. The predicted octanol–water partition coefficient (Wildman–Crippen LogP) is 1.44. The number of nitrogens with two attached hydrogens (primary N) is 1. The number of thiophene rings is 1. The van der Waals surface area contributed by atoms with Crippen molar-refractivity contribution in [2.45, 2.75) is 38.3 Å². The first-order chi connectivity index (χ1) is 10.6. The fourth-order valence-electron chi connectivity index (χ4n) is 3.04. The number of likely N-dealkylation sites (tertiary alicyclic amines) is 1. The second-order valence-corrected chi connectivity index (χ2v) is 7.12. The van der Waals surface area contributed by atoms with Crippen molar-refractivity contribution in [2.24, 2.45) is 11.7 Å². The Labute approximate surface area is 135 Å². The molecule has 0 unspecified atom stereocenters. The molecule has 1 aromatic rings. The molecule has 2 fully saturated rings. The molecular formula is C16H23N3O2S. The van der Waals surface area contributed by atoms with Gasteiger partial charge in [-0.2, -0.15) is 11.3 Å². The Morgan fingerprint density at radius 1 is 1.27 bits per heavy atom. The zero-order valence-corrected chi connectivity index (χ0v) is 13.6. The Morgan fingerprint density at radius 3 is 2.55 bits per heavy atom. The normalized spacial score (nSPS) is 20.0. The van der Waals surface area contributed by atoms with Crippen LogP contribution in [0.5, 0.6) is 0 Å². The van der Waals surface area contributed by atoms with Crippen LogP contribution in [0.4, 0.5) is 0 Å². The lowest BCUT2D eigenvalue weighted by atomic mass is 9.96. The molecule has 2 amide bonds. The molecule has 2 N–H and O–H groups in total. The van der Waals surface area contributed by atoms with Gasteiger partial charge in [-0.15, -0.1) is 0 Å². The van der Waals surface area contributed by atoms with Crippen LogP contribution in [-0.2, 0) is 16.1 Å². The Hall–Kier alpha value is -1.40. The largest absolute Gasteiger partial charge is 0.369 e. The molecule has 0 aromatic carbocycles. The number of hydrogen-bond acceptors (Lipinski definition) is 4. The summed E-state index contributed by atoms with van der Waals surface area (Å²) in [6.45, 7) is 2.77. The summed E-state index contributed by atoms with van der Waals surface area (Å²) < 4.78 is 0. The monoisotopic (exact) mass is 321 g/mol. The molecule has 0 atom stereocenters. The van der Waals surface area contributed by atoms with Gasteiger partial charge in [0.15, 0.2) is 0 Å². The van der Waals surface area contributed by atoms with Crippen LogP contribution < -0.4 is 5.73 Å². The third kappa shape index (κ3) is 3.87. The third-order valence-corrected chi connectivity index (χ3v) is 5.32. The highest BCUT2D eigenvalue weighted by Gasteiger charge is 2.34. The number of carbonyl (C=O) groups is 2. The van der Waals surface area contributed by atoms with E-state index in [9.17, 15) is 9.59 Å². The van der Waals surface area contributed by atoms with Gasteiger partial charge < -0.3 is 10.6 Å². The van der Waals surface area contributed by atoms with Gasteiger partial charge in [-0.25, -0.2) is 0 Å². The summed E-state index contributed by atoms with van der Waals surface area (Å²) in [6, 6.07) is 2.52. The molecule has 22 heavy (non-hydrogen) atoms. The van der Waals surface area contributed by atoms with Crippen molar-refractivity contribution in [3.8, 4) is 0 Å². The SMILES string of the molecule is NC(=O)C1CCN(CC(=O)N(Cc2ccsc2)C2CC2)CC1. The lowest BCUT2D eigenvalue weighted by molar-refractivity contribution is -0.134. The topological polar surface area (TPSA) is 66.6 Å². The van der Waals surface area contributed by atoms with E-state index >= 15 is 0 Å². The molecular weight excluding hydrogens is 298 g/mol. The number of piperidine rings is 1. The van der Waals surface area contributed by atoms with Gasteiger partial charge in [-0.3, -0.25) is 14.5 Å². The molecule has 1 saturated heterocycles. The first-order valence-electron chi connectivity index (χ1n) is 7.95. The van der Waals surface area contributed by atoms with Gasteiger partial charge in [0.25, 0.3) is 0 Å². The second-order valence-electron chi connectivity index (χ2n) is 6.34. The maximum absolute atomic E-state index is 12.6. The molecule has 2 heterocycles. The molecule has 0 spiro atoms. The van der Waals surface area contributed by atoms with Crippen molar-refractivity contribution in [3.63, 3.8) is 0 Å².